The fourth-order valence-corrected chi connectivity index (χ4v) is 6.54. The number of ether oxygens (including phenoxy) is 2. The summed E-state index contributed by atoms with van der Waals surface area (Å²) in [4.78, 5) is 44.7. The number of aliphatic hydroxyl groups excluding tert-OH is 1. The Hall–Kier alpha value is -2.68. The number of carbonyl (C=O) groups excluding carboxylic acids is 3. The van der Waals surface area contributed by atoms with Crippen LogP contribution in [-0.2, 0) is 23.9 Å². The van der Waals surface area contributed by atoms with Gasteiger partial charge in [0, 0.05) is 30.4 Å². The standard InChI is InChI=1S/C29H37ClN2O6/c1-4-6-7-8-19-37-27(36)23-22-25(34)32(17-9-18-33)24(29(22)15-14-28(23,3)38-29)26(35)31(16-5-2)21-12-10-20(30)11-13-21/h4-5,10-13,22-24,33H,1-2,6-9,14-19H2,3H3/t22-,23+,24?,28-,29?/m0/s1. The number of fused-ring (bicyclic) bond motifs is 1. The molecule has 0 saturated carbocycles. The van der Waals surface area contributed by atoms with E-state index in [9.17, 15) is 19.5 Å². The molecule has 3 fully saturated rings. The molecular weight excluding hydrogens is 508 g/mol. The summed E-state index contributed by atoms with van der Waals surface area (Å²) in [6.45, 7) is 9.88. The van der Waals surface area contributed by atoms with Gasteiger partial charge in [-0.25, -0.2) is 0 Å². The van der Waals surface area contributed by atoms with Gasteiger partial charge in [-0.05, 0) is 69.7 Å². The van der Waals surface area contributed by atoms with Gasteiger partial charge in [0.25, 0.3) is 5.91 Å². The SMILES string of the molecule is C=CCCCCOC(=O)[C@H]1[C@H]2C(=O)N(CCCO)C(C(=O)N(CC=C)c3ccc(Cl)cc3)C23CC[C@]1(C)O3. The highest BCUT2D eigenvalue weighted by molar-refractivity contribution is 6.30. The zero-order valence-electron chi connectivity index (χ0n) is 21.9. The Balaban J connectivity index is 1.68. The topological polar surface area (TPSA) is 96.4 Å². The Morgan fingerprint density at radius 2 is 1.95 bits per heavy atom. The average Bonchev–Trinajstić information content (AvgIpc) is 3.46. The summed E-state index contributed by atoms with van der Waals surface area (Å²) < 4.78 is 12.3. The molecule has 3 heterocycles. The zero-order valence-corrected chi connectivity index (χ0v) is 22.7. The van der Waals surface area contributed by atoms with E-state index in [4.69, 9.17) is 21.1 Å². The molecule has 3 aliphatic rings. The van der Waals surface area contributed by atoms with Crippen molar-refractivity contribution in [2.45, 2.75) is 62.7 Å². The number of unbranched alkanes of at least 4 members (excludes halogenated alkanes) is 2. The third-order valence-corrected chi connectivity index (χ3v) is 8.34. The van der Waals surface area contributed by atoms with E-state index in [-0.39, 0.29) is 38.1 Å². The molecule has 3 aliphatic heterocycles. The van der Waals surface area contributed by atoms with Crippen molar-refractivity contribution in [1.82, 2.24) is 4.90 Å². The van der Waals surface area contributed by atoms with Crippen molar-refractivity contribution in [2.24, 2.45) is 11.8 Å². The molecule has 4 rings (SSSR count). The van der Waals surface area contributed by atoms with Crippen molar-refractivity contribution < 1.29 is 29.0 Å². The number of hydrogen-bond acceptors (Lipinski definition) is 6. The lowest BCUT2D eigenvalue weighted by Gasteiger charge is -2.36. The molecule has 2 unspecified atom stereocenters. The Morgan fingerprint density at radius 1 is 1.21 bits per heavy atom. The molecule has 8 nitrogen and oxygen atoms in total. The summed E-state index contributed by atoms with van der Waals surface area (Å²) in [7, 11) is 0. The van der Waals surface area contributed by atoms with Gasteiger partial charge in [0.05, 0.1) is 18.1 Å². The number of anilines is 1. The quantitative estimate of drug-likeness (QED) is 0.230. The monoisotopic (exact) mass is 544 g/mol. The summed E-state index contributed by atoms with van der Waals surface area (Å²) in [6.07, 6.45) is 7.15. The molecule has 2 amide bonds. The van der Waals surface area contributed by atoms with Gasteiger partial charge in [-0.2, -0.15) is 0 Å². The van der Waals surface area contributed by atoms with E-state index in [0.717, 1.165) is 12.8 Å². The number of esters is 1. The van der Waals surface area contributed by atoms with Crippen LogP contribution in [0.3, 0.4) is 0 Å². The highest BCUT2D eigenvalue weighted by Gasteiger charge is 2.78. The maximum atomic E-state index is 14.3. The van der Waals surface area contributed by atoms with Crippen molar-refractivity contribution in [2.75, 3.05) is 31.2 Å². The number of amides is 2. The molecule has 2 bridgehead atoms. The number of allylic oxidation sites excluding steroid dienone is 1. The third kappa shape index (κ3) is 4.90. The first-order chi connectivity index (χ1) is 18.2. The highest BCUT2D eigenvalue weighted by Crippen LogP contribution is 2.63. The van der Waals surface area contributed by atoms with Crippen LogP contribution in [0.2, 0.25) is 5.02 Å². The van der Waals surface area contributed by atoms with Crippen LogP contribution in [0, 0.1) is 11.8 Å². The lowest BCUT2D eigenvalue weighted by atomic mass is 9.66. The van der Waals surface area contributed by atoms with E-state index >= 15 is 0 Å². The van der Waals surface area contributed by atoms with Gasteiger partial charge in [-0.1, -0.05) is 23.8 Å². The second-order valence-electron chi connectivity index (χ2n) is 10.5. The summed E-state index contributed by atoms with van der Waals surface area (Å²) in [5.74, 6) is -2.71. The number of aliphatic hydroxyl groups is 1. The van der Waals surface area contributed by atoms with Crippen LogP contribution in [0.25, 0.3) is 0 Å². The highest BCUT2D eigenvalue weighted by atomic mass is 35.5. The lowest BCUT2D eigenvalue weighted by molar-refractivity contribution is -0.159. The molecule has 1 aromatic carbocycles. The van der Waals surface area contributed by atoms with E-state index in [1.165, 1.54) is 4.90 Å². The number of nitrogens with zero attached hydrogens (tertiary/aromatic N) is 2. The first kappa shape index (κ1) is 28.3. The number of likely N-dealkylation sites (tertiary alicyclic amines) is 1. The Bertz CT molecular complexity index is 1080. The number of rotatable bonds is 13. The molecule has 3 saturated heterocycles. The van der Waals surface area contributed by atoms with Crippen LogP contribution in [0.4, 0.5) is 5.69 Å². The molecule has 1 aromatic rings. The molecular formula is C29H37ClN2O6. The molecule has 206 valence electrons. The van der Waals surface area contributed by atoms with Crippen molar-refractivity contribution in [1.29, 1.82) is 0 Å². The molecule has 38 heavy (non-hydrogen) atoms. The fraction of sp³-hybridized carbons (Fsp3) is 0.552. The first-order valence-electron chi connectivity index (χ1n) is 13.3. The Labute approximate surface area is 229 Å². The van der Waals surface area contributed by atoms with E-state index in [0.29, 0.717) is 36.4 Å². The smallest absolute Gasteiger partial charge is 0.312 e. The number of benzene rings is 1. The van der Waals surface area contributed by atoms with Gasteiger partial charge in [0.1, 0.15) is 17.6 Å². The van der Waals surface area contributed by atoms with Gasteiger partial charge >= 0.3 is 5.97 Å². The van der Waals surface area contributed by atoms with Crippen molar-refractivity contribution in [3.8, 4) is 0 Å². The molecule has 0 radical (unpaired) electrons. The second kappa shape index (κ2) is 11.6. The molecule has 1 spiro atoms. The molecule has 0 aromatic heterocycles. The van der Waals surface area contributed by atoms with Crippen LogP contribution in [-0.4, -0.2) is 71.3 Å². The van der Waals surface area contributed by atoms with Crippen LogP contribution in [0.1, 0.15) is 45.4 Å². The van der Waals surface area contributed by atoms with E-state index in [2.05, 4.69) is 13.2 Å². The van der Waals surface area contributed by atoms with E-state index < -0.39 is 35.0 Å². The largest absolute Gasteiger partial charge is 0.465 e. The van der Waals surface area contributed by atoms with Crippen molar-refractivity contribution in [3.05, 3.63) is 54.6 Å². The second-order valence-corrected chi connectivity index (χ2v) is 10.9. The Morgan fingerprint density at radius 3 is 2.61 bits per heavy atom. The van der Waals surface area contributed by atoms with Gasteiger partial charge in [0.2, 0.25) is 5.91 Å². The summed E-state index contributed by atoms with van der Waals surface area (Å²) in [6, 6.07) is 5.94. The minimum atomic E-state index is -1.16. The lowest BCUT2D eigenvalue weighted by Crippen LogP contribution is -2.56. The van der Waals surface area contributed by atoms with Crippen molar-refractivity contribution in [3.63, 3.8) is 0 Å². The van der Waals surface area contributed by atoms with Crippen LogP contribution in [0.15, 0.2) is 49.6 Å². The van der Waals surface area contributed by atoms with Gasteiger partial charge in [-0.15, -0.1) is 13.2 Å². The predicted molar refractivity (Wildman–Crippen MR) is 145 cm³/mol. The predicted octanol–water partition coefficient (Wildman–Crippen LogP) is 3.91. The maximum absolute atomic E-state index is 14.3. The normalized spacial score (nSPS) is 29.3. The Kier molecular flexibility index (Phi) is 8.65. The third-order valence-electron chi connectivity index (χ3n) is 8.08. The molecule has 9 heteroatoms. The van der Waals surface area contributed by atoms with Crippen LogP contribution in [0.5, 0.6) is 0 Å². The van der Waals surface area contributed by atoms with Crippen LogP contribution >= 0.6 is 11.6 Å². The first-order valence-corrected chi connectivity index (χ1v) is 13.7. The van der Waals surface area contributed by atoms with Gasteiger partial charge in [0.15, 0.2) is 0 Å². The van der Waals surface area contributed by atoms with E-state index in [1.807, 2.05) is 13.0 Å². The number of carbonyl (C=O) groups is 3. The fourth-order valence-electron chi connectivity index (χ4n) is 6.42. The summed E-state index contributed by atoms with van der Waals surface area (Å²) in [5.41, 5.74) is -1.44. The minimum Gasteiger partial charge on any atom is -0.465 e. The van der Waals surface area contributed by atoms with Gasteiger partial charge < -0.3 is 24.4 Å². The molecule has 0 aliphatic carbocycles. The maximum Gasteiger partial charge on any atom is 0.312 e. The number of halogens is 1. The minimum absolute atomic E-state index is 0.134. The average molecular weight is 545 g/mol. The molecule has 5 atom stereocenters. The molecule has 1 N–H and O–H groups in total. The summed E-state index contributed by atoms with van der Waals surface area (Å²) in [5, 5.41) is 10.1. The van der Waals surface area contributed by atoms with Crippen LogP contribution < -0.4 is 4.90 Å². The summed E-state index contributed by atoms with van der Waals surface area (Å²) >= 11 is 6.08. The zero-order chi connectivity index (χ0) is 27.5. The van der Waals surface area contributed by atoms with Crippen molar-refractivity contribution >= 4 is 35.1 Å². The van der Waals surface area contributed by atoms with Gasteiger partial charge in [-0.3, -0.25) is 14.4 Å². The van der Waals surface area contributed by atoms with E-state index in [1.54, 1.807) is 35.2 Å². The number of hydrogen-bond donors (Lipinski definition) is 1.